The molecule has 1 aliphatic heterocycles. The predicted octanol–water partition coefficient (Wildman–Crippen LogP) is 3.23. The molecule has 4 saturated carbocycles. The topological polar surface area (TPSA) is 32.3 Å². The molecule has 1 N–H and O–H groups in total. The third kappa shape index (κ3) is 2.80. The van der Waals surface area contributed by atoms with Gasteiger partial charge in [-0.2, -0.15) is 0 Å². The third-order valence-corrected chi connectivity index (χ3v) is 6.92. The van der Waals surface area contributed by atoms with Crippen LogP contribution in [0.15, 0.2) is 0 Å². The van der Waals surface area contributed by atoms with Crippen molar-refractivity contribution in [3.63, 3.8) is 0 Å². The van der Waals surface area contributed by atoms with Crippen LogP contribution >= 0.6 is 12.4 Å². The molecule has 1 saturated heterocycles. The van der Waals surface area contributed by atoms with E-state index in [0.717, 1.165) is 30.8 Å². The first-order valence-corrected chi connectivity index (χ1v) is 9.21. The molecule has 0 aromatic rings. The monoisotopic (exact) mass is 326 g/mol. The summed E-state index contributed by atoms with van der Waals surface area (Å²) in [6.45, 7) is 5.46. The average molecular weight is 327 g/mol. The van der Waals surface area contributed by atoms with Gasteiger partial charge in [-0.1, -0.05) is 6.92 Å². The van der Waals surface area contributed by atoms with Crippen LogP contribution in [0.3, 0.4) is 0 Å². The van der Waals surface area contributed by atoms with Crippen LogP contribution in [0.4, 0.5) is 0 Å². The van der Waals surface area contributed by atoms with Crippen LogP contribution in [0, 0.1) is 23.2 Å². The molecule has 1 heterocycles. The summed E-state index contributed by atoms with van der Waals surface area (Å²) in [6.07, 6.45) is 10.4. The van der Waals surface area contributed by atoms with E-state index in [4.69, 9.17) is 0 Å². The zero-order valence-corrected chi connectivity index (χ0v) is 14.7. The van der Waals surface area contributed by atoms with E-state index < -0.39 is 0 Å². The van der Waals surface area contributed by atoms with Crippen molar-refractivity contribution in [3.8, 4) is 0 Å². The van der Waals surface area contributed by atoms with Crippen LogP contribution in [-0.4, -0.2) is 36.5 Å². The van der Waals surface area contributed by atoms with Crippen molar-refractivity contribution in [1.82, 2.24) is 10.2 Å². The highest BCUT2D eigenvalue weighted by atomic mass is 35.5. The van der Waals surface area contributed by atoms with Crippen molar-refractivity contribution >= 4 is 18.3 Å². The van der Waals surface area contributed by atoms with Gasteiger partial charge in [0.2, 0.25) is 5.91 Å². The van der Waals surface area contributed by atoms with E-state index in [1.165, 1.54) is 57.9 Å². The lowest BCUT2D eigenvalue weighted by Crippen LogP contribution is -2.54. The number of rotatable bonds is 4. The number of hydrogen-bond acceptors (Lipinski definition) is 2. The second-order valence-electron chi connectivity index (χ2n) is 8.33. The Bertz CT molecular complexity index is 390. The molecule has 0 aromatic heterocycles. The maximum Gasteiger partial charge on any atom is 0.226 e. The first kappa shape index (κ1) is 16.6. The Morgan fingerprint density at radius 3 is 2.27 bits per heavy atom. The largest absolute Gasteiger partial charge is 0.354 e. The summed E-state index contributed by atoms with van der Waals surface area (Å²) in [4.78, 5) is 15.4. The molecule has 1 amide bonds. The molecule has 126 valence electrons. The van der Waals surface area contributed by atoms with Gasteiger partial charge in [0.25, 0.3) is 0 Å². The Morgan fingerprint density at radius 1 is 1.14 bits per heavy atom. The summed E-state index contributed by atoms with van der Waals surface area (Å²) >= 11 is 0. The maximum atomic E-state index is 12.9. The number of amides is 1. The molecule has 5 aliphatic rings. The Hall–Kier alpha value is -0.280. The van der Waals surface area contributed by atoms with Crippen molar-refractivity contribution in [3.05, 3.63) is 0 Å². The van der Waals surface area contributed by atoms with Gasteiger partial charge < -0.3 is 5.32 Å². The number of likely N-dealkylation sites (N-methyl/N-ethyl adjacent to an activating group) is 1. The Kier molecular flexibility index (Phi) is 4.76. The van der Waals surface area contributed by atoms with Gasteiger partial charge in [-0.3, -0.25) is 9.69 Å². The van der Waals surface area contributed by atoms with Gasteiger partial charge in [-0.05, 0) is 82.2 Å². The molecule has 1 atom stereocenters. The summed E-state index contributed by atoms with van der Waals surface area (Å²) in [5, 5.41) is 3.37. The second-order valence-corrected chi connectivity index (χ2v) is 8.33. The SMILES string of the molecule is CCN1CCCC1CNC(=O)C12CC3CC(CC(C3)C1)C2.Cl. The summed E-state index contributed by atoms with van der Waals surface area (Å²) in [5.41, 5.74) is 0.0321. The molecule has 5 rings (SSSR count). The lowest BCUT2D eigenvalue weighted by atomic mass is 9.49. The van der Waals surface area contributed by atoms with Crippen LogP contribution in [0.25, 0.3) is 0 Å². The molecule has 0 radical (unpaired) electrons. The van der Waals surface area contributed by atoms with Gasteiger partial charge in [-0.15, -0.1) is 12.4 Å². The molecule has 4 aliphatic carbocycles. The molecular weight excluding hydrogens is 296 g/mol. The number of carbonyl (C=O) groups is 1. The molecular formula is C18H31ClN2O. The lowest BCUT2D eigenvalue weighted by molar-refractivity contribution is -0.146. The van der Waals surface area contributed by atoms with Gasteiger partial charge >= 0.3 is 0 Å². The zero-order chi connectivity index (χ0) is 14.4. The fourth-order valence-electron chi connectivity index (χ4n) is 6.33. The van der Waals surface area contributed by atoms with Crippen molar-refractivity contribution in [1.29, 1.82) is 0 Å². The third-order valence-electron chi connectivity index (χ3n) is 6.92. The molecule has 1 unspecified atom stereocenters. The number of hydrogen-bond donors (Lipinski definition) is 1. The number of halogens is 1. The number of nitrogens with zero attached hydrogens (tertiary/aromatic N) is 1. The van der Waals surface area contributed by atoms with Crippen molar-refractivity contribution in [2.24, 2.45) is 23.2 Å². The standard InChI is InChI=1S/C18H30N2O.ClH/c1-2-20-5-3-4-16(20)12-19-17(21)18-9-13-6-14(10-18)8-15(7-13)11-18;/h13-16H,2-12H2,1H3,(H,19,21);1H. The fourth-order valence-corrected chi connectivity index (χ4v) is 6.33. The zero-order valence-electron chi connectivity index (χ0n) is 13.9. The van der Waals surface area contributed by atoms with Gasteiger partial charge in [0.05, 0.1) is 0 Å². The van der Waals surface area contributed by atoms with Gasteiger partial charge in [0, 0.05) is 18.0 Å². The molecule has 0 spiro atoms. The van der Waals surface area contributed by atoms with Gasteiger partial charge in [0.1, 0.15) is 0 Å². The minimum Gasteiger partial charge on any atom is -0.354 e. The van der Waals surface area contributed by atoms with Crippen molar-refractivity contribution in [2.75, 3.05) is 19.6 Å². The lowest BCUT2D eigenvalue weighted by Gasteiger charge is -2.55. The summed E-state index contributed by atoms with van der Waals surface area (Å²) < 4.78 is 0. The highest BCUT2D eigenvalue weighted by Crippen LogP contribution is 2.60. The smallest absolute Gasteiger partial charge is 0.226 e. The molecule has 0 aromatic carbocycles. The van der Waals surface area contributed by atoms with Crippen molar-refractivity contribution in [2.45, 2.75) is 64.3 Å². The molecule has 22 heavy (non-hydrogen) atoms. The van der Waals surface area contributed by atoms with E-state index in [1.54, 1.807) is 0 Å². The van der Waals surface area contributed by atoms with E-state index >= 15 is 0 Å². The van der Waals surface area contributed by atoms with Gasteiger partial charge in [-0.25, -0.2) is 0 Å². The molecule has 4 heteroatoms. The predicted molar refractivity (Wildman–Crippen MR) is 91.1 cm³/mol. The maximum absolute atomic E-state index is 12.9. The minimum absolute atomic E-state index is 0. The summed E-state index contributed by atoms with van der Waals surface area (Å²) in [6, 6.07) is 0.591. The van der Waals surface area contributed by atoms with Crippen LogP contribution in [0.5, 0.6) is 0 Å². The highest BCUT2D eigenvalue weighted by molar-refractivity contribution is 5.85. The number of carbonyl (C=O) groups excluding carboxylic acids is 1. The van der Waals surface area contributed by atoms with Gasteiger partial charge in [0.15, 0.2) is 0 Å². The quantitative estimate of drug-likeness (QED) is 0.860. The van der Waals surface area contributed by atoms with Crippen molar-refractivity contribution < 1.29 is 4.79 Å². The Balaban J connectivity index is 0.00000144. The molecule has 5 fully saturated rings. The molecule has 4 bridgehead atoms. The Labute approximate surface area is 141 Å². The minimum atomic E-state index is 0. The van der Waals surface area contributed by atoms with E-state index in [2.05, 4.69) is 17.1 Å². The number of nitrogens with one attached hydrogen (secondary N) is 1. The first-order valence-electron chi connectivity index (χ1n) is 9.21. The van der Waals surface area contributed by atoms with E-state index in [9.17, 15) is 4.79 Å². The number of likely N-dealkylation sites (tertiary alicyclic amines) is 1. The van der Waals surface area contributed by atoms with E-state index in [0.29, 0.717) is 11.9 Å². The molecule has 3 nitrogen and oxygen atoms in total. The van der Waals surface area contributed by atoms with Crippen LogP contribution in [0.1, 0.15) is 58.3 Å². The fraction of sp³-hybridized carbons (Fsp3) is 0.944. The van der Waals surface area contributed by atoms with Crippen LogP contribution in [-0.2, 0) is 4.79 Å². The Morgan fingerprint density at radius 2 is 1.73 bits per heavy atom. The van der Waals surface area contributed by atoms with Crippen LogP contribution < -0.4 is 5.32 Å². The normalized spacial score (nSPS) is 43.1. The average Bonchev–Trinajstić information content (AvgIpc) is 2.90. The second kappa shape index (κ2) is 6.32. The summed E-state index contributed by atoms with van der Waals surface area (Å²) in [7, 11) is 0. The first-order chi connectivity index (χ1) is 10.2. The van der Waals surface area contributed by atoms with E-state index in [-0.39, 0.29) is 17.8 Å². The van der Waals surface area contributed by atoms with E-state index in [1.807, 2.05) is 0 Å². The summed E-state index contributed by atoms with van der Waals surface area (Å²) in [5.74, 6) is 2.99. The van der Waals surface area contributed by atoms with Crippen LogP contribution in [0.2, 0.25) is 0 Å². The highest BCUT2D eigenvalue weighted by Gasteiger charge is 2.54.